The van der Waals surface area contributed by atoms with Crippen LogP contribution in [0.1, 0.15) is 12.5 Å². The summed E-state index contributed by atoms with van der Waals surface area (Å²) < 4.78 is 13.0. The van der Waals surface area contributed by atoms with E-state index in [1.165, 1.54) is 0 Å². The molecule has 18 heavy (non-hydrogen) atoms. The number of benzene rings is 1. The lowest BCUT2D eigenvalue weighted by atomic mass is 9.90. The smallest absolute Gasteiger partial charge is 0.302 e. The number of rotatable bonds is 0. The second-order valence-corrected chi connectivity index (χ2v) is 6.34. The van der Waals surface area contributed by atoms with Crippen molar-refractivity contribution in [2.75, 3.05) is 0 Å². The topological polar surface area (TPSA) is 40.1 Å². The van der Waals surface area contributed by atoms with E-state index in [1.54, 1.807) is 0 Å². The summed E-state index contributed by atoms with van der Waals surface area (Å²) in [7, 11) is -1.94. The highest BCUT2D eigenvalue weighted by molar-refractivity contribution is 7.99. The summed E-state index contributed by atoms with van der Waals surface area (Å²) in [6.07, 6.45) is 5.89. The largest absolute Gasteiger partial charge is 0.644 e. The van der Waals surface area contributed by atoms with E-state index >= 15 is 0 Å². The highest BCUT2D eigenvalue weighted by Crippen LogP contribution is 2.27. The van der Waals surface area contributed by atoms with E-state index in [0.29, 0.717) is 4.51 Å². The lowest BCUT2D eigenvalue weighted by Crippen LogP contribution is -2.31. The first-order valence-electron chi connectivity index (χ1n) is 5.93. The molecule has 92 valence electrons. The lowest BCUT2D eigenvalue weighted by molar-refractivity contribution is -0.112. The van der Waals surface area contributed by atoms with Gasteiger partial charge < -0.3 is 4.55 Å². The average molecular weight is 258 g/mol. The Morgan fingerprint density at radius 1 is 1.22 bits per heavy atom. The maximum absolute atomic E-state index is 12.3. The second kappa shape index (κ2) is 4.04. The van der Waals surface area contributed by atoms with Crippen LogP contribution in [0, 0.1) is 17.4 Å². The van der Waals surface area contributed by atoms with E-state index in [1.807, 2.05) is 50.3 Å². The Bertz CT molecular complexity index is 738. The van der Waals surface area contributed by atoms with Crippen LogP contribution in [0.4, 0.5) is 0 Å². The third-order valence-corrected chi connectivity index (χ3v) is 4.93. The van der Waals surface area contributed by atoms with Gasteiger partial charge in [-0.2, -0.15) is 0 Å². The highest BCUT2D eigenvalue weighted by atomic mass is 32.2. The Balaban J connectivity index is 2.45. The molecule has 1 heterocycles. The van der Waals surface area contributed by atoms with Gasteiger partial charge in [-0.3, -0.25) is 0 Å². The summed E-state index contributed by atoms with van der Waals surface area (Å²) in [5, 5.41) is 0.799. The molecule has 1 aromatic carbocycles. The van der Waals surface area contributed by atoms with Crippen LogP contribution in [0.25, 0.3) is 5.57 Å². The summed E-state index contributed by atoms with van der Waals surface area (Å²) >= 11 is 0. The van der Waals surface area contributed by atoms with Crippen LogP contribution in [-0.4, -0.2) is 9.67 Å². The Morgan fingerprint density at radius 3 is 2.78 bits per heavy atom. The number of fused-ring (bicyclic) bond motifs is 2. The first kappa shape index (κ1) is 11.6. The molecule has 0 aromatic heterocycles. The molecule has 2 atom stereocenters. The Morgan fingerprint density at radius 2 is 2.00 bits per heavy atom. The zero-order valence-electron chi connectivity index (χ0n) is 10.3. The SMILES string of the molecule is CC1=CC2C(=O)[SH+]([O-])=c3cc(C)ccc3=C2C=C1. The molecule has 0 bridgehead atoms. The van der Waals surface area contributed by atoms with Gasteiger partial charge in [0.2, 0.25) is 0 Å². The first-order valence-corrected chi connectivity index (χ1v) is 7.19. The molecule has 2 nitrogen and oxygen atoms in total. The fraction of sp³-hybridized carbons (Fsp3) is 0.200. The van der Waals surface area contributed by atoms with Crippen molar-refractivity contribution < 1.29 is 9.35 Å². The van der Waals surface area contributed by atoms with E-state index in [9.17, 15) is 9.35 Å². The maximum Gasteiger partial charge on any atom is 0.302 e. The van der Waals surface area contributed by atoms with Gasteiger partial charge in [0, 0.05) is 5.22 Å². The van der Waals surface area contributed by atoms with Crippen molar-refractivity contribution in [1.82, 2.24) is 0 Å². The van der Waals surface area contributed by atoms with Crippen LogP contribution >= 0.6 is 0 Å². The van der Waals surface area contributed by atoms with Gasteiger partial charge in [-0.25, -0.2) is 4.79 Å². The molecule has 0 N–H and O–H groups in total. The molecule has 1 aliphatic carbocycles. The minimum Gasteiger partial charge on any atom is -0.644 e. The van der Waals surface area contributed by atoms with Gasteiger partial charge in [0.25, 0.3) is 0 Å². The molecule has 2 unspecified atom stereocenters. The van der Waals surface area contributed by atoms with Gasteiger partial charge in [-0.05, 0) is 37.1 Å². The minimum atomic E-state index is -1.94. The van der Waals surface area contributed by atoms with Crippen LogP contribution in [0.15, 0.2) is 42.0 Å². The number of aryl methyl sites for hydroxylation is 1. The second-order valence-electron chi connectivity index (χ2n) is 4.83. The highest BCUT2D eigenvalue weighted by Gasteiger charge is 2.29. The van der Waals surface area contributed by atoms with E-state index < -0.39 is 10.8 Å². The zero-order chi connectivity index (χ0) is 12.9. The summed E-state index contributed by atoms with van der Waals surface area (Å²) in [6, 6.07) is 5.85. The van der Waals surface area contributed by atoms with Gasteiger partial charge >= 0.3 is 5.12 Å². The van der Waals surface area contributed by atoms with Crippen LogP contribution in [0.3, 0.4) is 0 Å². The molecule has 3 rings (SSSR count). The quantitative estimate of drug-likeness (QED) is 0.402. The number of carbonyl (C=O) groups is 1. The fourth-order valence-corrected chi connectivity index (χ4v) is 3.94. The van der Waals surface area contributed by atoms with Crippen molar-refractivity contribution in [3.63, 3.8) is 0 Å². The summed E-state index contributed by atoms with van der Waals surface area (Å²) in [4.78, 5) is 12.2. The summed E-state index contributed by atoms with van der Waals surface area (Å²) in [6.45, 7) is 3.91. The molecule has 1 aliphatic heterocycles. The molecule has 0 amide bonds. The zero-order valence-corrected chi connectivity index (χ0v) is 11.2. The van der Waals surface area contributed by atoms with Crippen LogP contribution in [-0.2, 0) is 15.6 Å². The Hall–Kier alpha value is -1.45. The average Bonchev–Trinajstić information content (AvgIpc) is 2.36. The first-order chi connectivity index (χ1) is 8.58. The van der Waals surface area contributed by atoms with Crippen molar-refractivity contribution in [2.24, 2.45) is 5.92 Å². The van der Waals surface area contributed by atoms with E-state index in [0.717, 1.165) is 21.9 Å². The molecular formula is C15H14O2S. The molecule has 0 radical (unpaired) electrons. The fourth-order valence-electron chi connectivity index (χ4n) is 2.49. The molecule has 0 saturated heterocycles. The van der Waals surface area contributed by atoms with Gasteiger partial charge in [-0.1, -0.05) is 29.9 Å². The summed E-state index contributed by atoms with van der Waals surface area (Å²) in [5.74, 6) is -0.325. The number of thiol groups is 1. The maximum atomic E-state index is 12.3. The van der Waals surface area contributed by atoms with Gasteiger partial charge in [0.15, 0.2) is 0 Å². The number of carbonyl (C=O) groups excluding carboxylic acids is 1. The number of hydrogen-bond acceptors (Lipinski definition) is 2. The van der Waals surface area contributed by atoms with Gasteiger partial charge in [-0.15, -0.1) is 10.8 Å². The number of allylic oxidation sites excluding steroid dienone is 4. The Kier molecular flexibility index (Phi) is 2.61. The van der Waals surface area contributed by atoms with E-state index in [4.69, 9.17) is 0 Å². The van der Waals surface area contributed by atoms with Crippen LogP contribution in [0.2, 0.25) is 0 Å². The van der Waals surface area contributed by atoms with E-state index in [-0.39, 0.29) is 11.0 Å². The third kappa shape index (κ3) is 1.62. The molecule has 3 heteroatoms. The molecule has 0 saturated carbocycles. The van der Waals surface area contributed by atoms with Gasteiger partial charge in [0.1, 0.15) is 10.4 Å². The molecule has 2 aliphatic rings. The Labute approximate surface area is 108 Å². The van der Waals surface area contributed by atoms with E-state index in [2.05, 4.69) is 0 Å². The molecular weight excluding hydrogens is 244 g/mol. The predicted molar refractivity (Wildman–Crippen MR) is 74.0 cm³/mol. The van der Waals surface area contributed by atoms with Gasteiger partial charge in [0.05, 0.1) is 0 Å². The molecule has 1 aromatic rings. The lowest BCUT2D eigenvalue weighted by Gasteiger charge is -2.21. The third-order valence-electron chi connectivity index (χ3n) is 3.44. The van der Waals surface area contributed by atoms with Crippen molar-refractivity contribution in [3.8, 4) is 0 Å². The number of hydrogen-bond donors (Lipinski definition) is 0. The monoisotopic (exact) mass is 258 g/mol. The van der Waals surface area contributed by atoms with Crippen molar-refractivity contribution in [1.29, 1.82) is 0 Å². The van der Waals surface area contributed by atoms with Crippen LogP contribution < -0.4 is 5.22 Å². The predicted octanol–water partition coefficient (Wildman–Crippen LogP) is 1.55. The standard InChI is InChI=1S/C15H14O2S/c1-9-3-5-11-12-6-4-10(2)8-14(12)18(17)15(16)13(11)7-9/h3-8,13,18H,1-2H3. The van der Waals surface area contributed by atoms with Crippen LogP contribution in [0.5, 0.6) is 0 Å². The molecule has 0 spiro atoms. The minimum absolute atomic E-state index is 0.165. The van der Waals surface area contributed by atoms with Crippen molar-refractivity contribution >= 4 is 21.5 Å². The summed E-state index contributed by atoms with van der Waals surface area (Å²) in [5.41, 5.74) is 3.07. The normalized spacial score (nSPS) is 25.6. The molecule has 0 fully saturated rings. The van der Waals surface area contributed by atoms with Crippen molar-refractivity contribution in [3.05, 3.63) is 57.3 Å². The van der Waals surface area contributed by atoms with Crippen molar-refractivity contribution in [2.45, 2.75) is 13.8 Å².